The molecule has 0 spiro atoms. The number of rotatable bonds is 6. The van der Waals surface area contributed by atoms with E-state index in [-0.39, 0.29) is 5.41 Å². The molecule has 1 aromatic rings. The molecule has 0 saturated heterocycles. The van der Waals surface area contributed by atoms with Gasteiger partial charge in [-0.15, -0.1) is 6.58 Å². The van der Waals surface area contributed by atoms with E-state index < -0.39 is 0 Å². The van der Waals surface area contributed by atoms with Crippen molar-refractivity contribution in [2.45, 2.75) is 45.1 Å². The van der Waals surface area contributed by atoms with Gasteiger partial charge in [0.15, 0.2) is 0 Å². The van der Waals surface area contributed by atoms with Crippen LogP contribution in [0.1, 0.15) is 44.3 Å². The summed E-state index contributed by atoms with van der Waals surface area (Å²) in [5.74, 6) is 0. The van der Waals surface area contributed by atoms with Crippen molar-refractivity contribution in [2.75, 3.05) is 13.6 Å². The zero-order valence-electron chi connectivity index (χ0n) is 11.7. The van der Waals surface area contributed by atoms with Crippen molar-refractivity contribution in [1.29, 1.82) is 0 Å². The highest BCUT2D eigenvalue weighted by molar-refractivity contribution is 5.08. The monoisotopic (exact) mass is 247 g/mol. The molecule has 2 rings (SSSR count). The molecule has 1 heterocycles. The normalized spacial score (nSPS) is 19.9. The molecule has 1 atom stereocenters. The van der Waals surface area contributed by atoms with Gasteiger partial charge in [0.2, 0.25) is 0 Å². The van der Waals surface area contributed by atoms with Crippen molar-refractivity contribution in [3.8, 4) is 0 Å². The van der Waals surface area contributed by atoms with Crippen LogP contribution in [0.5, 0.6) is 0 Å². The first-order valence-electron chi connectivity index (χ1n) is 6.99. The molecule has 0 amide bonds. The largest absolute Gasteiger partial charge is 0.319 e. The van der Waals surface area contributed by atoms with Crippen molar-refractivity contribution in [3.63, 3.8) is 0 Å². The van der Waals surface area contributed by atoms with Gasteiger partial charge in [-0.2, -0.15) is 5.10 Å². The van der Waals surface area contributed by atoms with Gasteiger partial charge in [0.25, 0.3) is 0 Å². The SMILES string of the molecule is C=CC(C)(CNC)Cc1ccn(C2CCCC2)n1. The maximum absolute atomic E-state index is 4.75. The van der Waals surface area contributed by atoms with E-state index in [1.54, 1.807) is 0 Å². The highest BCUT2D eigenvalue weighted by atomic mass is 15.3. The Hall–Kier alpha value is -1.09. The number of hydrogen-bond donors (Lipinski definition) is 1. The Morgan fingerprint density at radius 3 is 2.89 bits per heavy atom. The van der Waals surface area contributed by atoms with Crippen LogP contribution in [-0.4, -0.2) is 23.4 Å². The first kappa shape index (κ1) is 13.3. The van der Waals surface area contributed by atoms with Crippen LogP contribution >= 0.6 is 0 Å². The van der Waals surface area contributed by atoms with Gasteiger partial charge in [-0.3, -0.25) is 4.68 Å². The minimum atomic E-state index is 0.0869. The summed E-state index contributed by atoms with van der Waals surface area (Å²) in [5.41, 5.74) is 1.27. The van der Waals surface area contributed by atoms with Gasteiger partial charge in [-0.05, 0) is 26.0 Å². The molecule has 0 aliphatic heterocycles. The number of hydrogen-bond acceptors (Lipinski definition) is 2. The maximum atomic E-state index is 4.75. The fourth-order valence-corrected chi connectivity index (χ4v) is 2.87. The number of nitrogens with zero attached hydrogens (tertiary/aromatic N) is 2. The minimum Gasteiger partial charge on any atom is -0.319 e. The van der Waals surface area contributed by atoms with E-state index in [9.17, 15) is 0 Å². The smallest absolute Gasteiger partial charge is 0.0633 e. The lowest BCUT2D eigenvalue weighted by Crippen LogP contribution is -2.30. The van der Waals surface area contributed by atoms with Crippen LogP contribution in [0.15, 0.2) is 24.9 Å². The second-order valence-corrected chi connectivity index (χ2v) is 5.79. The first-order chi connectivity index (χ1) is 8.67. The summed E-state index contributed by atoms with van der Waals surface area (Å²) in [5, 5.41) is 7.98. The zero-order valence-corrected chi connectivity index (χ0v) is 11.7. The Morgan fingerprint density at radius 2 is 2.28 bits per heavy atom. The van der Waals surface area contributed by atoms with Crippen LogP contribution in [0.25, 0.3) is 0 Å². The summed E-state index contributed by atoms with van der Waals surface area (Å²) in [6, 6.07) is 2.80. The van der Waals surface area contributed by atoms with E-state index in [1.165, 1.54) is 31.4 Å². The van der Waals surface area contributed by atoms with Crippen LogP contribution in [0, 0.1) is 5.41 Å². The van der Waals surface area contributed by atoms with E-state index >= 15 is 0 Å². The molecule has 1 N–H and O–H groups in total. The molecular weight excluding hydrogens is 222 g/mol. The highest BCUT2D eigenvalue weighted by Crippen LogP contribution is 2.29. The summed E-state index contributed by atoms with van der Waals surface area (Å²) in [6.07, 6.45) is 10.4. The van der Waals surface area contributed by atoms with Gasteiger partial charge in [0.05, 0.1) is 11.7 Å². The molecule has 3 nitrogen and oxygen atoms in total. The van der Waals surface area contributed by atoms with Gasteiger partial charge in [0.1, 0.15) is 0 Å². The van der Waals surface area contributed by atoms with E-state index in [0.29, 0.717) is 6.04 Å². The maximum Gasteiger partial charge on any atom is 0.0633 e. The lowest BCUT2D eigenvalue weighted by atomic mass is 9.85. The molecule has 1 saturated carbocycles. The van der Waals surface area contributed by atoms with Crippen molar-refractivity contribution < 1.29 is 0 Å². The van der Waals surface area contributed by atoms with E-state index in [4.69, 9.17) is 5.10 Å². The van der Waals surface area contributed by atoms with Gasteiger partial charge >= 0.3 is 0 Å². The molecule has 1 fully saturated rings. The van der Waals surface area contributed by atoms with Crippen molar-refractivity contribution >= 4 is 0 Å². The summed E-state index contributed by atoms with van der Waals surface area (Å²) < 4.78 is 2.17. The molecule has 0 aromatic carbocycles. The fourth-order valence-electron chi connectivity index (χ4n) is 2.87. The van der Waals surface area contributed by atoms with Gasteiger partial charge in [-0.1, -0.05) is 25.8 Å². The van der Waals surface area contributed by atoms with Crippen molar-refractivity contribution in [1.82, 2.24) is 15.1 Å². The summed E-state index contributed by atoms with van der Waals surface area (Å²) in [4.78, 5) is 0. The molecule has 1 aromatic heterocycles. The Bertz CT molecular complexity index is 390. The predicted octanol–water partition coefficient (Wildman–Crippen LogP) is 2.95. The average molecular weight is 247 g/mol. The van der Waals surface area contributed by atoms with Gasteiger partial charge < -0.3 is 5.32 Å². The average Bonchev–Trinajstić information content (AvgIpc) is 2.99. The lowest BCUT2D eigenvalue weighted by molar-refractivity contribution is 0.394. The Labute approximate surface area is 110 Å². The standard InChI is InChI=1S/C15H25N3/c1-4-15(2,12-16-3)11-13-9-10-18(17-13)14-7-5-6-8-14/h4,9-10,14,16H,1,5-8,11-12H2,2-3H3. The second-order valence-electron chi connectivity index (χ2n) is 5.79. The van der Waals surface area contributed by atoms with Gasteiger partial charge in [0, 0.05) is 24.6 Å². The molecule has 1 aliphatic carbocycles. The van der Waals surface area contributed by atoms with Crippen molar-refractivity contribution in [2.24, 2.45) is 5.41 Å². The topological polar surface area (TPSA) is 29.9 Å². The van der Waals surface area contributed by atoms with Crippen LogP contribution in [0.4, 0.5) is 0 Å². The van der Waals surface area contributed by atoms with E-state index in [2.05, 4.69) is 35.8 Å². The summed E-state index contributed by atoms with van der Waals surface area (Å²) in [6.45, 7) is 7.12. The molecule has 1 aliphatic rings. The molecule has 1 unspecified atom stereocenters. The van der Waals surface area contributed by atoms with Gasteiger partial charge in [-0.25, -0.2) is 0 Å². The predicted molar refractivity (Wildman–Crippen MR) is 75.7 cm³/mol. The van der Waals surface area contributed by atoms with E-state index in [0.717, 1.165) is 13.0 Å². The second kappa shape index (κ2) is 5.70. The Morgan fingerprint density at radius 1 is 1.56 bits per heavy atom. The van der Waals surface area contributed by atoms with Crippen LogP contribution < -0.4 is 5.32 Å². The molecule has 100 valence electrons. The van der Waals surface area contributed by atoms with Crippen LogP contribution in [0.3, 0.4) is 0 Å². The first-order valence-corrected chi connectivity index (χ1v) is 6.99. The Balaban J connectivity index is 2.03. The fraction of sp³-hybridized carbons (Fsp3) is 0.667. The zero-order chi connectivity index (χ0) is 13.0. The quantitative estimate of drug-likeness (QED) is 0.783. The third kappa shape index (κ3) is 3.02. The molecule has 0 radical (unpaired) electrons. The third-order valence-electron chi connectivity index (χ3n) is 4.02. The van der Waals surface area contributed by atoms with E-state index in [1.807, 2.05) is 13.1 Å². The van der Waals surface area contributed by atoms with Crippen LogP contribution in [0.2, 0.25) is 0 Å². The van der Waals surface area contributed by atoms with Crippen molar-refractivity contribution in [3.05, 3.63) is 30.6 Å². The molecule has 0 bridgehead atoms. The third-order valence-corrected chi connectivity index (χ3v) is 4.02. The highest BCUT2D eigenvalue weighted by Gasteiger charge is 2.23. The molecule has 3 heteroatoms. The lowest BCUT2D eigenvalue weighted by Gasteiger charge is -2.24. The van der Waals surface area contributed by atoms with Crippen LogP contribution in [-0.2, 0) is 6.42 Å². The number of aromatic nitrogens is 2. The summed E-state index contributed by atoms with van der Waals surface area (Å²) >= 11 is 0. The number of nitrogens with one attached hydrogen (secondary N) is 1. The summed E-state index contributed by atoms with van der Waals surface area (Å²) in [7, 11) is 1.98. The Kier molecular flexibility index (Phi) is 4.23. The minimum absolute atomic E-state index is 0.0869. The molecule has 18 heavy (non-hydrogen) atoms. The molecular formula is C15H25N3.